The fourth-order valence-corrected chi connectivity index (χ4v) is 3.44. The van der Waals surface area contributed by atoms with Crippen LogP contribution in [-0.4, -0.2) is 59.5 Å². The summed E-state index contributed by atoms with van der Waals surface area (Å²) in [6.07, 6.45) is 8.07. The third-order valence-electron chi connectivity index (χ3n) is 4.73. The summed E-state index contributed by atoms with van der Waals surface area (Å²) in [7, 11) is 3.97. The molecule has 1 fully saturated rings. The van der Waals surface area contributed by atoms with Gasteiger partial charge in [-0.05, 0) is 49.7 Å². The number of pyridine rings is 2. The highest BCUT2D eigenvalue weighted by atomic mass is 16.5. The Labute approximate surface area is 148 Å². The molecule has 2 atom stereocenters. The molecule has 2 aromatic rings. The highest BCUT2D eigenvalue weighted by Gasteiger charge is 2.34. The molecule has 25 heavy (non-hydrogen) atoms. The van der Waals surface area contributed by atoms with Gasteiger partial charge in [0.25, 0.3) is 5.91 Å². The average molecular weight is 340 g/mol. The van der Waals surface area contributed by atoms with Crippen LogP contribution in [0.5, 0.6) is 5.75 Å². The first-order valence-corrected chi connectivity index (χ1v) is 8.52. The molecule has 1 amide bonds. The smallest absolute Gasteiger partial charge is 0.260 e. The van der Waals surface area contributed by atoms with Gasteiger partial charge in [-0.2, -0.15) is 0 Å². The SMILES string of the molecule is CN(C[C@@H]1CCN(C)[C@H]1c1cccnc1)C(=O)COc1cccnc1. The maximum atomic E-state index is 12.4. The van der Waals surface area contributed by atoms with Crippen molar-refractivity contribution >= 4 is 5.91 Å². The molecule has 0 aromatic carbocycles. The van der Waals surface area contributed by atoms with Gasteiger partial charge in [0.1, 0.15) is 5.75 Å². The maximum absolute atomic E-state index is 12.4. The first kappa shape index (κ1) is 17.4. The summed E-state index contributed by atoms with van der Waals surface area (Å²) in [5.74, 6) is 0.975. The lowest BCUT2D eigenvalue weighted by molar-refractivity contribution is -0.132. The third-order valence-corrected chi connectivity index (χ3v) is 4.73. The zero-order chi connectivity index (χ0) is 17.6. The summed E-state index contributed by atoms with van der Waals surface area (Å²) in [4.78, 5) is 24.7. The summed E-state index contributed by atoms with van der Waals surface area (Å²) in [5, 5.41) is 0. The predicted octanol–water partition coefficient (Wildman–Crippen LogP) is 2.01. The van der Waals surface area contributed by atoms with Gasteiger partial charge in [0.2, 0.25) is 0 Å². The average Bonchev–Trinajstić information content (AvgIpc) is 3.01. The standard InChI is InChI=1S/C19H24N4O2/c1-22-10-7-16(19(22)15-5-3-8-20-11-15)13-23(2)18(24)14-25-17-6-4-9-21-12-17/h3-6,8-9,11-12,16,19H,7,10,13-14H2,1-2H3/t16-,19-/m0/s1. The molecule has 1 aliphatic heterocycles. The van der Waals surface area contributed by atoms with Gasteiger partial charge in [-0.3, -0.25) is 19.7 Å². The van der Waals surface area contributed by atoms with Crippen LogP contribution < -0.4 is 4.74 Å². The first-order valence-electron chi connectivity index (χ1n) is 8.52. The lowest BCUT2D eigenvalue weighted by Crippen LogP contribution is -2.37. The Balaban J connectivity index is 1.57. The van der Waals surface area contributed by atoms with Crippen LogP contribution in [-0.2, 0) is 4.79 Å². The van der Waals surface area contributed by atoms with Crippen molar-refractivity contribution in [3.8, 4) is 5.75 Å². The van der Waals surface area contributed by atoms with Crippen molar-refractivity contribution in [2.75, 3.05) is 33.8 Å². The fourth-order valence-electron chi connectivity index (χ4n) is 3.44. The van der Waals surface area contributed by atoms with Gasteiger partial charge in [0.15, 0.2) is 6.61 Å². The summed E-state index contributed by atoms with van der Waals surface area (Å²) in [6, 6.07) is 7.96. The summed E-state index contributed by atoms with van der Waals surface area (Å²) >= 11 is 0. The van der Waals surface area contributed by atoms with E-state index in [1.54, 1.807) is 35.6 Å². The molecule has 6 heteroatoms. The van der Waals surface area contributed by atoms with Crippen LogP contribution in [0.15, 0.2) is 49.1 Å². The third kappa shape index (κ3) is 4.33. The van der Waals surface area contributed by atoms with Crippen LogP contribution in [0.2, 0.25) is 0 Å². The van der Waals surface area contributed by atoms with E-state index in [0.717, 1.165) is 13.0 Å². The molecule has 0 radical (unpaired) electrons. The molecule has 0 saturated carbocycles. The minimum atomic E-state index is -0.0247. The van der Waals surface area contributed by atoms with Crippen molar-refractivity contribution in [2.45, 2.75) is 12.5 Å². The molecule has 0 aliphatic carbocycles. The van der Waals surface area contributed by atoms with E-state index in [1.807, 2.05) is 19.3 Å². The molecule has 3 heterocycles. The van der Waals surface area contributed by atoms with E-state index < -0.39 is 0 Å². The molecule has 3 rings (SSSR count). The molecule has 132 valence electrons. The Morgan fingerprint density at radius 2 is 2.04 bits per heavy atom. The van der Waals surface area contributed by atoms with E-state index in [4.69, 9.17) is 4.74 Å². The second-order valence-corrected chi connectivity index (χ2v) is 6.51. The van der Waals surface area contributed by atoms with Gasteiger partial charge in [0, 0.05) is 38.2 Å². The van der Waals surface area contributed by atoms with E-state index in [2.05, 4.69) is 28.0 Å². The second-order valence-electron chi connectivity index (χ2n) is 6.51. The molecule has 2 aromatic heterocycles. The van der Waals surface area contributed by atoms with Crippen molar-refractivity contribution < 1.29 is 9.53 Å². The number of likely N-dealkylation sites (tertiary alicyclic amines) is 1. The zero-order valence-corrected chi connectivity index (χ0v) is 14.7. The van der Waals surface area contributed by atoms with Gasteiger partial charge >= 0.3 is 0 Å². The van der Waals surface area contributed by atoms with Crippen LogP contribution in [0.3, 0.4) is 0 Å². The van der Waals surface area contributed by atoms with Crippen molar-refractivity contribution in [3.05, 3.63) is 54.6 Å². The van der Waals surface area contributed by atoms with Crippen LogP contribution in [0.4, 0.5) is 0 Å². The molecular weight excluding hydrogens is 316 g/mol. The monoisotopic (exact) mass is 340 g/mol. The lowest BCUT2D eigenvalue weighted by atomic mass is 9.94. The number of amides is 1. The van der Waals surface area contributed by atoms with E-state index in [1.165, 1.54) is 5.56 Å². The Kier molecular flexibility index (Phi) is 5.60. The van der Waals surface area contributed by atoms with Gasteiger partial charge in [0.05, 0.1) is 6.20 Å². The predicted molar refractivity (Wildman–Crippen MR) is 95.1 cm³/mol. The number of ether oxygens (including phenoxy) is 1. The number of rotatable bonds is 6. The van der Waals surface area contributed by atoms with E-state index in [9.17, 15) is 4.79 Å². The fraction of sp³-hybridized carbons (Fsp3) is 0.421. The quantitative estimate of drug-likeness (QED) is 0.805. The van der Waals surface area contributed by atoms with Gasteiger partial charge < -0.3 is 9.64 Å². The first-order chi connectivity index (χ1) is 12.1. The molecule has 0 N–H and O–H groups in total. The van der Waals surface area contributed by atoms with E-state index in [0.29, 0.717) is 24.3 Å². The Hall–Kier alpha value is -2.47. The summed E-state index contributed by atoms with van der Waals surface area (Å²) in [5.41, 5.74) is 1.21. The number of hydrogen-bond donors (Lipinski definition) is 0. The topological polar surface area (TPSA) is 58.6 Å². The van der Waals surface area contributed by atoms with Crippen molar-refractivity contribution in [1.82, 2.24) is 19.8 Å². The minimum Gasteiger partial charge on any atom is -0.482 e. The summed E-state index contributed by atoms with van der Waals surface area (Å²) < 4.78 is 5.51. The summed E-state index contributed by atoms with van der Waals surface area (Å²) in [6.45, 7) is 1.76. The molecule has 6 nitrogen and oxygen atoms in total. The van der Waals surface area contributed by atoms with Crippen molar-refractivity contribution in [2.24, 2.45) is 5.92 Å². The molecule has 0 unspecified atom stereocenters. The Morgan fingerprint density at radius 3 is 2.72 bits per heavy atom. The number of aromatic nitrogens is 2. The Bertz CT molecular complexity index is 680. The van der Waals surface area contributed by atoms with E-state index >= 15 is 0 Å². The molecular formula is C19H24N4O2. The number of hydrogen-bond acceptors (Lipinski definition) is 5. The number of likely N-dealkylation sites (N-methyl/N-ethyl adjacent to an activating group) is 1. The Morgan fingerprint density at radius 1 is 1.28 bits per heavy atom. The van der Waals surface area contributed by atoms with Crippen LogP contribution in [0.1, 0.15) is 18.0 Å². The normalized spacial score (nSPS) is 20.4. The lowest BCUT2D eigenvalue weighted by Gasteiger charge is -2.28. The minimum absolute atomic E-state index is 0.0247. The molecule has 1 saturated heterocycles. The second kappa shape index (κ2) is 8.07. The zero-order valence-electron chi connectivity index (χ0n) is 14.7. The van der Waals surface area contributed by atoms with Gasteiger partial charge in [-0.15, -0.1) is 0 Å². The molecule has 0 spiro atoms. The van der Waals surface area contributed by atoms with Gasteiger partial charge in [-0.25, -0.2) is 0 Å². The highest BCUT2D eigenvalue weighted by Crippen LogP contribution is 2.36. The number of carbonyl (C=O) groups is 1. The largest absolute Gasteiger partial charge is 0.482 e. The van der Waals surface area contributed by atoms with Crippen LogP contribution in [0.25, 0.3) is 0 Å². The molecule has 1 aliphatic rings. The van der Waals surface area contributed by atoms with Crippen LogP contribution in [0, 0.1) is 5.92 Å². The highest BCUT2D eigenvalue weighted by molar-refractivity contribution is 5.77. The van der Waals surface area contributed by atoms with Crippen LogP contribution >= 0.6 is 0 Å². The maximum Gasteiger partial charge on any atom is 0.260 e. The van der Waals surface area contributed by atoms with Gasteiger partial charge in [-0.1, -0.05) is 6.07 Å². The number of nitrogens with zero attached hydrogens (tertiary/aromatic N) is 4. The molecule has 0 bridgehead atoms. The van der Waals surface area contributed by atoms with Crippen molar-refractivity contribution in [3.63, 3.8) is 0 Å². The van der Waals surface area contributed by atoms with E-state index in [-0.39, 0.29) is 12.5 Å². The number of carbonyl (C=O) groups excluding carboxylic acids is 1. The van der Waals surface area contributed by atoms with Crippen molar-refractivity contribution in [1.29, 1.82) is 0 Å².